The second-order valence-corrected chi connectivity index (χ2v) is 7.39. The molecule has 0 atom stereocenters. The van der Waals surface area contributed by atoms with Crippen molar-refractivity contribution < 1.29 is 13.2 Å². The summed E-state index contributed by atoms with van der Waals surface area (Å²) in [6.07, 6.45) is 0. The van der Waals surface area contributed by atoms with Crippen molar-refractivity contribution in [3.05, 3.63) is 58.6 Å². The first-order valence-corrected chi connectivity index (χ1v) is 8.84. The number of sulfonamides is 1. The van der Waals surface area contributed by atoms with Crippen LogP contribution in [0.2, 0.25) is 5.02 Å². The van der Waals surface area contributed by atoms with E-state index >= 15 is 0 Å². The molecule has 0 saturated carbocycles. The fraction of sp³-hybridized carbons (Fsp3) is 0.188. The van der Waals surface area contributed by atoms with E-state index in [-0.39, 0.29) is 15.5 Å². The number of carbonyl (C=O) groups is 1. The zero-order chi connectivity index (χ0) is 17.2. The normalized spacial score (nSPS) is 11.5. The van der Waals surface area contributed by atoms with Crippen molar-refractivity contribution in [3.63, 3.8) is 0 Å². The zero-order valence-corrected chi connectivity index (χ0v) is 14.3. The van der Waals surface area contributed by atoms with Gasteiger partial charge in [-0.2, -0.15) is 0 Å². The Kier molecular flexibility index (Phi) is 5.09. The molecule has 0 unspecified atom stereocenters. The maximum Gasteiger partial charge on any atom is 0.257 e. The third-order valence-corrected chi connectivity index (χ3v) is 4.59. The molecule has 7 heteroatoms. The summed E-state index contributed by atoms with van der Waals surface area (Å²) >= 11 is 5.98. The second kappa shape index (κ2) is 6.70. The molecular formula is C16H17ClN2O3S. The molecule has 23 heavy (non-hydrogen) atoms. The van der Waals surface area contributed by atoms with Gasteiger partial charge in [0, 0.05) is 5.69 Å². The Bertz CT molecular complexity index is 831. The molecule has 122 valence electrons. The minimum absolute atomic E-state index is 0.0473. The molecule has 2 aromatic carbocycles. The third-order valence-electron chi connectivity index (χ3n) is 3.35. The van der Waals surface area contributed by atoms with Crippen LogP contribution in [-0.2, 0) is 10.0 Å². The molecule has 0 heterocycles. The minimum Gasteiger partial charge on any atom is -0.322 e. The lowest BCUT2D eigenvalue weighted by atomic mass is 10.0. The summed E-state index contributed by atoms with van der Waals surface area (Å²) in [4.78, 5) is 12.1. The lowest BCUT2D eigenvalue weighted by Gasteiger charge is -2.10. The summed E-state index contributed by atoms with van der Waals surface area (Å²) in [6.45, 7) is 4.15. The Morgan fingerprint density at radius 3 is 2.26 bits per heavy atom. The van der Waals surface area contributed by atoms with Crippen LogP contribution in [-0.4, -0.2) is 14.3 Å². The predicted molar refractivity (Wildman–Crippen MR) is 91.3 cm³/mol. The van der Waals surface area contributed by atoms with E-state index in [9.17, 15) is 13.2 Å². The van der Waals surface area contributed by atoms with Crippen molar-refractivity contribution in [2.24, 2.45) is 5.14 Å². The molecule has 5 nitrogen and oxygen atoms in total. The number of benzene rings is 2. The minimum atomic E-state index is -3.90. The lowest BCUT2D eigenvalue weighted by molar-refractivity contribution is 0.102. The first-order chi connectivity index (χ1) is 10.7. The Hall–Kier alpha value is -1.89. The smallest absolute Gasteiger partial charge is 0.257 e. The zero-order valence-electron chi connectivity index (χ0n) is 12.7. The molecule has 0 aliphatic carbocycles. The number of carbonyl (C=O) groups excluding carboxylic acids is 1. The SMILES string of the molecule is CC(C)c1ccc(NC(=O)c2cc(S(N)(=O)=O)ccc2Cl)cc1. The van der Waals surface area contributed by atoms with Gasteiger partial charge in [0.15, 0.2) is 0 Å². The van der Waals surface area contributed by atoms with Crippen LogP contribution in [0.3, 0.4) is 0 Å². The molecule has 0 radical (unpaired) electrons. The summed E-state index contributed by atoms with van der Waals surface area (Å²) in [7, 11) is -3.90. The van der Waals surface area contributed by atoms with E-state index in [4.69, 9.17) is 16.7 Å². The molecule has 0 fully saturated rings. The highest BCUT2D eigenvalue weighted by Crippen LogP contribution is 2.22. The molecule has 0 aliphatic rings. The highest BCUT2D eigenvalue weighted by Gasteiger charge is 2.16. The van der Waals surface area contributed by atoms with Gasteiger partial charge in [-0.05, 0) is 41.8 Å². The quantitative estimate of drug-likeness (QED) is 0.884. The van der Waals surface area contributed by atoms with Crippen molar-refractivity contribution >= 4 is 33.2 Å². The van der Waals surface area contributed by atoms with Crippen molar-refractivity contribution in [1.29, 1.82) is 0 Å². The number of nitrogens with one attached hydrogen (secondary N) is 1. The second-order valence-electron chi connectivity index (χ2n) is 5.42. The summed E-state index contributed by atoms with van der Waals surface area (Å²) in [6, 6.07) is 11.2. The molecule has 0 bridgehead atoms. The number of primary sulfonamides is 1. The predicted octanol–water partition coefficient (Wildman–Crippen LogP) is 3.36. The first kappa shape index (κ1) is 17.5. The summed E-state index contributed by atoms with van der Waals surface area (Å²) in [5.41, 5.74) is 1.79. The van der Waals surface area contributed by atoms with Crippen LogP contribution in [0, 0.1) is 0 Å². The maximum absolute atomic E-state index is 12.3. The fourth-order valence-electron chi connectivity index (χ4n) is 2.01. The van der Waals surface area contributed by atoms with E-state index in [1.807, 2.05) is 12.1 Å². The van der Waals surface area contributed by atoms with Gasteiger partial charge in [-0.3, -0.25) is 4.79 Å². The summed E-state index contributed by atoms with van der Waals surface area (Å²) in [5, 5.41) is 7.90. The number of hydrogen-bond donors (Lipinski definition) is 2. The number of hydrogen-bond acceptors (Lipinski definition) is 3. The van der Waals surface area contributed by atoms with Gasteiger partial charge in [0.25, 0.3) is 5.91 Å². The average molecular weight is 353 g/mol. The van der Waals surface area contributed by atoms with Crippen LogP contribution in [0.25, 0.3) is 0 Å². The Balaban J connectivity index is 2.27. The monoisotopic (exact) mass is 352 g/mol. The Labute approximate surface area is 140 Å². The van der Waals surface area contributed by atoms with Gasteiger partial charge in [0.05, 0.1) is 15.5 Å². The lowest BCUT2D eigenvalue weighted by Crippen LogP contribution is -2.16. The number of nitrogens with two attached hydrogens (primary N) is 1. The molecular weight excluding hydrogens is 336 g/mol. The number of amides is 1. The van der Waals surface area contributed by atoms with Crippen LogP contribution in [0.1, 0.15) is 35.7 Å². The Morgan fingerprint density at radius 2 is 1.74 bits per heavy atom. The van der Waals surface area contributed by atoms with E-state index < -0.39 is 15.9 Å². The number of anilines is 1. The molecule has 2 rings (SSSR count). The fourth-order valence-corrected chi connectivity index (χ4v) is 2.75. The highest BCUT2D eigenvalue weighted by atomic mass is 35.5. The van der Waals surface area contributed by atoms with Gasteiger partial charge in [-0.25, -0.2) is 13.6 Å². The molecule has 0 saturated heterocycles. The summed E-state index contributed by atoms with van der Waals surface area (Å²) in [5.74, 6) is -0.113. The van der Waals surface area contributed by atoms with Gasteiger partial charge in [0.2, 0.25) is 10.0 Å². The molecule has 3 N–H and O–H groups in total. The van der Waals surface area contributed by atoms with Crippen LogP contribution in [0.5, 0.6) is 0 Å². The summed E-state index contributed by atoms with van der Waals surface area (Å²) < 4.78 is 22.8. The molecule has 1 amide bonds. The van der Waals surface area contributed by atoms with Gasteiger partial charge in [-0.1, -0.05) is 37.6 Å². The molecule has 0 spiro atoms. The van der Waals surface area contributed by atoms with E-state index in [1.165, 1.54) is 12.1 Å². The molecule has 0 aliphatic heterocycles. The van der Waals surface area contributed by atoms with Crippen molar-refractivity contribution in [2.75, 3.05) is 5.32 Å². The Morgan fingerprint density at radius 1 is 1.13 bits per heavy atom. The maximum atomic E-state index is 12.3. The van der Waals surface area contributed by atoms with Gasteiger partial charge < -0.3 is 5.32 Å². The highest BCUT2D eigenvalue weighted by molar-refractivity contribution is 7.89. The molecule has 0 aromatic heterocycles. The van der Waals surface area contributed by atoms with Crippen LogP contribution in [0.4, 0.5) is 5.69 Å². The van der Waals surface area contributed by atoms with Crippen molar-refractivity contribution in [3.8, 4) is 0 Å². The van der Waals surface area contributed by atoms with Crippen molar-refractivity contribution in [1.82, 2.24) is 0 Å². The van der Waals surface area contributed by atoms with E-state index in [2.05, 4.69) is 19.2 Å². The van der Waals surface area contributed by atoms with Gasteiger partial charge in [0.1, 0.15) is 0 Å². The third kappa shape index (κ3) is 4.31. The topological polar surface area (TPSA) is 89.3 Å². The van der Waals surface area contributed by atoms with Gasteiger partial charge in [-0.15, -0.1) is 0 Å². The van der Waals surface area contributed by atoms with Crippen molar-refractivity contribution in [2.45, 2.75) is 24.7 Å². The number of rotatable bonds is 4. The van der Waals surface area contributed by atoms with Gasteiger partial charge >= 0.3 is 0 Å². The largest absolute Gasteiger partial charge is 0.322 e. The average Bonchev–Trinajstić information content (AvgIpc) is 2.46. The van der Waals surface area contributed by atoms with E-state index in [1.54, 1.807) is 12.1 Å². The van der Waals surface area contributed by atoms with E-state index in [0.29, 0.717) is 11.6 Å². The number of halogens is 1. The molecule has 2 aromatic rings. The van der Waals surface area contributed by atoms with E-state index in [0.717, 1.165) is 11.6 Å². The van der Waals surface area contributed by atoms with Crippen LogP contribution >= 0.6 is 11.6 Å². The first-order valence-electron chi connectivity index (χ1n) is 6.92. The standard InChI is InChI=1S/C16H17ClN2O3S/c1-10(2)11-3-5-12(6-4-11)19-16(20)14-9-13(23(18,21)22)7-8-15(14)17/h3-10H,1-2H3,(H,19,20)(H2,18,21,22). The van der Waals surface area contributed by atoms with Crippen LogP contribution in [0.15, 0.2) is 47.4 Å². The van der Waals surface area contributed by atoms with Crippen LogP contribution < -0.4 is 10.5 Å².